The lowest BCUT2D eigenvalue weighted by Gasteiger charge is -2.18. The predicted octanol–water partition coefficient (Wildman–Crippen LogP) is 7.13. The number of rotatable bonds is 10. The zero-order valence-electron chi connectivity index (χ0n) is 22.0. The predicted molar refractivity (Wildman–Crippen MR) is 147 cm³/mol. The van der Waals surface area contributed by atoms with E-state index >= 15 is 0 Å². The van der Waals surface area contributed by atoms with Gasteiger partial charge in [-0.3, -0.25) is 4.79 Å². The third-order valence-electron chi connectivity index (χ3n) is 6.62. The zero-order valence-corrected chi connectivity index (χ0v) is 22.0. The Hall–Kier alpha value is -3.60. The standard InChI is InChI=1S/C31H37N3O2/c1-21(2)25-12-6-9-15-29(25)36-19-11-10-18-34-28-14-8-7-13-27(28)33-30(34)24(5)32-31(35)26-17-16-22(3)20-23(26)4/h6-9,12-17,20-21,24H,10-11,18-19H2,1-5H3,(H,32,35). The Morgan fingerprint density at radius 3 is 2.50 bits per heavy atom. The number of carbonyl (C=O) groups is 1. The Morgan fingerprint density at radius 1 is 0.972 bits per heavy atom. The normalized spacial score (nSPS) is 12.2. The van der Waals surface area contributed by atoms with Crippen LogP contribution in [0.15, 0.2) is 66.7 Å². The van der Waals surface area contributed by atoms with E-state index in [0.29, 0.717) is 18.1 Å². The smallest absolute Gasteiger partial charge is 0.252 e. The topological polar surface area (TPSA) is 56.2 Å². The van der Waals surface area contributed by atoms with Crippen LogP contribution in [0.25, 0.3) is 11.0 Å². The van der Waals surface area contributed by atoms with Gasteiger partial charge in [0.15, 0.2) is 0 Å². The second kappa shape index (κ2) is 11.4. The Morgan fingerprint density at radius 2 is 1.72 bits per heavy atom. The molecule has 188 valence electrons. The minimum absolute atomic E-state index is 0.0733. The van der Waals surface area contributed by atoms with Crippen molar-refractivity contribution in [3.05, 3.63) is 94.8 Å². The van der Waals surface area contributed by atoms with Gasteiger partial charge in [-0.05, 0) is 74.9 Å². The van der Waals surface area contributed by atoms with Crippen molar-refractivity contribution in [2.75, 3.05) is 6.61 Å². The minimum Gasteiger partial charge on any atom is -0.493 e. The maximum absolute atomic E-state index is 13.0. The molecule has 0 aliphatic rings. The van der Waals surface area contributed by atoms with E-state index in [-0.39, 0.29) is 11.9 Å². The summed E-state index contributed by atoms with van der Waals surface area (Å²) in [5.41, 5.74) is 6.11. The van der Waals surface area contributed by atoms with Crippen LogP contribution in [0.1, 0.15) is 78.4 Å². The number of para-hydroxylation sites is 3. The van der Waals surface area contributed by atoms with Crippen molar-refractivity contribution < 1.29 is 9.53 Å². The van der Waals surface area contributed by atoms with Crippen molar-refractivity contribution in [2.45, 2.75) is 66.0 Å². The van der Waals surface area contributed by atoms with Crippen molar-refractivity contribution in [2.24, 2.45) is 0 Å². The summed E-state index contributed by atoms with van der Waals surface area (Å²) in [6.45, 7) is 11.9. The highest BCUT2D eigenvalue weighted by molar-refractivity contribution is 5.96. The number of nitrogens with zero attached hydrogens (tertiary/aromatic N) is 2. The number of amides is 1. The maximum atomic E-state index is 13.0. The number of aryl methyl sites for hydroxylation is 3. The molecule has 0 fully saturated rings. The lowest BCUT2D eigenvalue weighted by Crippen LogP contribution is -2.29. The van der Waals surface area contributed by atoms with E-state index < -0.39 is 0 Å². The molecule has 4 aromatic rings. The summed E-state index contributed by atoms with van der Waals surface area (Å²) in [5.74, 6) is 2.21. The van der Waals surface area contributed by atoms with Crippen LogP contribution in [0, 0.1) is 13.8 Å². The molecule has 0 bridgehead atoms. The fourth-order valence-electron chi connectivity index (χ4n) is 4.71. The number of carbonyl (C=O) groups excluding carboxylic acids is 1. The molecule has 0 aliphatic carbocycles. The first kappa shape index (κ1) is 25.5. The van der Waals surface area contributed by atoms with Gasteiger partial charge >= 0.3 is 0 Å². The van der Waals surface area contributed by atoms with Gasteiger partial charge in [0, 0.05) is 12.1 Å². The monoisotopic (exact) mass is 483 g/mol. The quantitative estimate of drug-likeness (QED) is 0.244. The SMILES string of the molecule is Cc1ccc(C(=O)NC(C)c2nc3ccccc3n2CCCCOc2ccccc2C(C)C)c(C)c1. The Kier molecular flexibility index (Phi) is 8.09. The molecule has 0 spiro atoms. The summed E-state index contributed by atoms with van der Waals surface area (Å²) in [7, 11) is 0. The summed E-state index contributed by atoms with van der Waals surface area (Å²) in [6, 6.07) is 22.1. The highest BCUT2D eigenvalue weighted by Crippen LogP contribution is 2.26. The van der Waals surface area contributed by atoms with Crippen LogP contribution in [-0.2, 0) is 6.54 Å². The molecule has 0 saturated heterocycles. The fourth-order valence-corrected chi connectivity index (χ4v) is 4.71. The number of fused-ring (bicyclic) bond motifs is 1. The van der Waals surface area contributed by atoms with Gasteiger partial charge < -0.3 is 14.6 Å². The van der Waals surface area contributed by atoms with E-state index in [0.717, 1.165) is 53.1 Å². The van der Waals surface area contributed by atoms with Crippen LogP contribution in [0.2, 0.25) is 0 Å². The van der Waals surface area contributed by atoms with Gasteiger partial charge in [0.05, 0.1) is 23.7 Å². The average molecular weight is 484 g/mol. The van der Waals surface area contributed by atoms with Gasteiger partial charge in [0.1, 0.15) is 11.6 Å². The number of nitrogens with one attached hydrogen (secondary N) is 1. The maximum Gasteiger partial charge on any atom is 0.252 e. The van der Waals surface area contributed by atoms with E-state index in [9.17, 15) is 4.79 Å². The Bertz CT molecular complexity index is 1340. The molecule has 3 aromatic carbocycles. The summed E-state index contributed by atoms with van der Waals surface area (Å²) in [6.07, 6.45) is 1.89. The molecule has 0 aliphatic heterocycles. The molecule has 1 aromatic heterocycles. The van der Waals surface area contributed by atoms with Crippen LogP contribution >= 0.6 is 0 Å². The van der Waals surface area contributed by atoms with E-state index in [4.69, 9.17) is 9.72 Å². The molecule has 0 saturated carbocycles. The van der Waals surface area contributed by atoms with Gasteiger partial charge in [0.2, 0.25) is 0 Å². The van der Waals surface area contributed by atoms with Gasteiger partial charge in [-0.15, -0.1) is 0 Å². The number of unbranched alkanes of at least 4 members (excludes halogenated alkanes) is 1. The molecule has 4 rings (SSSR count). The van der Waals surface area contributed by atoms with Crippen molar-refractivity contribution in [1.82, 2.24) is 14.9 Å². The van der Waals surface area contributed by atoms with Crippen molar-refractivity contribution in [3.8, 4) is 5.75 Å². The third-order valence-corrected chi connectivity index (χ3v) is 6.62. The number of hydrogen-bond donors (Lipinski definition) is 1. The molecule has 0 radical (unpaired) electrons. The summed E-state index contributed by atoms with van der Waals surface area (Å²) < 4.78 is 8.36. The van der Waals surface area contributed by atoms with Gasteiger partial charge in [-0.25, -0.2) is 4.98 Å². The van der Waals surface area contributed by atoms with Crippen molar-refractivity contribution in [1.29, 1.82) is 0 Å². The van der Waals surface area contributed by atoms with E-state index in [1.54, 1.807) is 0 Å². The highest BCUT2D eigenvalue weighted by atomic mass is 16.5. The molecule has 5 heteroatoms. The van der Waals surface area contributed by atoms with Gasteiger partial charge in [-0.2, -0.15) is 0 Å². The molecular formula is C31H37N3O2. The second-order valence-corrected chi connectivity index (χ2v) is 9.87. The van der Waals surface area contributed by atoms with Crippen LogP contribution < -0.4 is 10.1 Å². The zero-order chi connectivity index (χ0) is 25.7. The minimum atomic E-state index is -0.222. The molecule has 1 unspecified atom stereocenters. The molecule has 1 atom stereocenters. The second-order valence-electron chi connectivity index (χ2n) is 9.87. The number of hydrogen-bond acceptors (Lipinski definition) is 3. The number of benzene rings is 3. The van der Waals surface area contributed by atoms with Crippen LogP contribution in [0.4, 0.5) is 0 Å². The fraction of sp³-hybridized carbons (Fsp3) is 0.355. The van der Waals surface area contributed by atoms with E-state index in [2.05, 4.69) is 48.0 Å². The Balaban J connectivity index is 1.44. The van der Waals surface area contributed by atoms with Crippen molar-refractivity contribution >= 4 is 16.9 Å². The van der Waals surface area contributed by atoms with Crippen LogP contribution in [0.3, 0.4) is 0 Å². The summed E-state index contributed by atoms with van der Waals surface area (Å²) >= 11 is 0. The Labute approximate surface area is 214 Å². The largest absolute Gasteiger partial charge is 0.493 e. The molecule has 36 heavy (non-hydrogen) atoms. The average Bonchev–Trinajstić information content (AvgIpc) is 3.22. The lowest BCUT2D eigenvalue weighted by molar-refractivity contribution is 0.0937. The summed E-state index contributed by atoms with van der Waals surface area (Å²) in [4.78, 5) is 17.9. The lowest BCUT2D eigenvalue weighted by atomic mass is 10.0. The van der Waals surface area contributed by atoms with Crippen LogP contribution in [0.5, 0.6) is 5.75 Å². The van der Waals surface area contributed by atoms with Crippen molar-refractivity contribution in [3.63, 3.8) is 0 Å². The number of ether oxygens (including phenoxy) is 1. The third kappa shape index (κ3) is 5.78. The highest BCUT2D eigenvalue weighted by Gasteiger charge is 2.20. The van der Waals surface area contributed by atoms with Gasteiger partial charge in [-0.1, -0.05) is 61.9 Å². The first-order valence-corrected chi connectivity index (χ1v) is 12.9. The first-order chi connectivity index (χ1) is 17.3. The number of imidazole rings is 1. The molecule has 5 nitrogen and oxygen atoms in total. The van der Waals surface area contributed by atoms with E-state index in [1.165, 1.54) is 5.56 Å². The summed E-state index contributed by atoms with van der Waals surface area (Å²) in [5, 5.41) is 3.17. The number of aromatic nitrogens is 2. The van der Waals surface area contributed by atoms with E-state index in [1.807, 2.05) is 63.2 Å². The van der Waals surface area contributed by atoms with Crippen LogP contribution in [-0.4, -0.2) is 22.1 Å². The molecule has 1 amide bonds. The molecule has 1 heterocycles. The molecular weight excluding hydrogens is 446 g/mol. The van der Waals surface area contributed by atoms with Gasteiger partial charge in [0.25, 0.3) is 5.91 Å². The molecule has 1 N–H and O–H groups in total. The first-order valence-electron chi connectivity index (χ1n) is 12.9.